The van der Waals surface area contributed by atoms with Gasteiger partial charge >= 0.3 is 0 Å². The Balaban J connectivity index is 0.00000240. The Morgan fingerprint density at radius 2 is 1.66 bits per heavy atom. The molecule has 0 aliphatic heterocycles. The van der Waals surface area contributed by atoms with Gasteiger partial charge in [-0.2, -0.15) is 0 Å². The number of halogens is 2. The second-order valence-electron chi connectivity index (χ2n) is 7.02. The third-order valence-corrected chi connectivity index (χ3v) is 5.24. The van der Waals surface area contributed by atoms with E-state index in [-0.39, 0.29) is 18.2 Å². The first kappa shape index (κ1) is 20.9. The molecule has 0 bridgehead atoms. The molecular weight excluding hydrogens is 387 g/mol. The molecule has 0 N–H and O–H groups in total. The lowest BCUT2D eigenvalue weighted by Crippen LogP contribution is -2.07. The van der Waals surface area contributed by atoms with E-state index in [1.165, 1.54) is 34.3 Å². The highest BCUT2D eigenvalue weighted by molar-refractivity contribution is 5.89. The fraction of sp³-hybridized carbons (Fsp3) is 0.208. The van der Waals surface area contributed by atoms with E-state index in [0.717, 1.165) is 17.6 Å². The third kappa shape index (κ3) is 4.43. The molecule has 0 saturated heterocycles. The predicted octanol–water partition coefficient (Wildman–Crippen LogP) is 5.88. The molecule has 4 rings (SSSR count). The van der Waals surface area contributed by atoms with Crippen molar-refractivity contribution >= 4 is 23.3 Å². The Hall–Kier alpha value is -2.85. The number of aromatic nitrogens is 2. The van der Waals surface area contributed by atoms with Gasteiger partial charge in [0, 0.05) is 30.2 Å². The molecule has 0 aliphatic carbocycles. The fourth-order valence-corrected chi connectivity index (χ4v) is 3.55. The molecule has 2 aromatic carbocycles. The molecule has 0 saturated carbocycles. The van der Waals surface area contributed by atoms with Gasteiger partial charge in [0.25, 0.3) is 0 Å². The summed E-state index contributed by atoms with van der Waals surface area (Å²) in [7, 11) is 0. The zero-order valence-corrected chi connectivity index (χ0v) is 17.4. The SMILES string of the molecule is Cc1c(C)n(Cc2ccccc2)c2c(OCCc3ccc(F)cc3)nccc12.Cl. The largest absolute Gasteiger partial charge is 0.476 e. The monoisotopic (exact) mass is 410 g/mol. The molecule has 2 heterocycles. The standard InChI is InChI=1S/C24H23FN2O.ClH/c1-17-18(2)27(16-20-6-4-3-5-7-20)23-22(17)12-14-26-24(23)28-15-13-19-8-10-21(25)11-9-19;/h3-12,14H,13,15-16H2,1-2H3;1H. The summed E-state index contributed by atoms with van der Waals surface area (Å²) in [5, 5.41) is 1.17. The van der Waals surface area contributed by atoms with Crippen molar-refractivity contribution in [3.8, 4) is 5.88 Å². The maximum absolute atomic E-state index is 13.1. The van der Waals surface area contributed by atoms with E-state index >= 15 is 0 Å². The van der Waals surface area contributed by atoms with Crippen LogP contribution in [0.25, 0.3) is 10.9 Å². The molecule has 0 unspecified atom stereocenters. The predicted molar refractivity (Wildman–Crippen MR) is 118 cm³/mol. The van der Waals surface area contributed by atoms with Crippen LogP contribution in [0.1, 0.15) is 22.4 Å². The van der Waals surface area contributed by atoms with Crippen molar-refractivity contribution in [2.24, 2.45) is 0 Å². The lowest BCUT2D eigenvalue weighted by atomic mass is 10.1. The molecule has 0 aliphatic rings. The van der Waals surface area contributed by atoms with E-state index in [4.69, 9.17) is 4.74 Å². The average molecular weight is 411 g/mol. The zero-order valence-electron chi connectivity index (χ0n) is 16.6. The number of hydrogen-bond acceptors (Lipinski definition) is 2. The molecule has 0 amide bonds. The van der Waals surface area contributed by atoms with Gasteiger partial charge in [-0.1, -0.05) is 42.5 Å². The van der Waals surface area contributed by atoms with E-state index < -0.39 is 0 Å². The second-order valence-corrected chi connectivity index (χ2v) is 7.02. The van der Waals surface area contributed by atoms with Crippen LogP contribution in [0, 0.1) is 19.7 Å². The Bertz CT molecular complexity index is 1090. The summed E-state index contributed by atoms with van der Waals surface area (Å²) in [6, 6.07) is 19.0. The molecule has 2 aromatic heterocycles. The van der Waals surface area contributed by atoms with Crippen LogP contribution < -0.4 is 4.74 Å². The van der Waals surface area contributed by atoms with E-state index in [2.05, 4.69) is 47.7 Å². The number of ether oxygens (including phenoxy) is 1. The summed E-state index contributed by atoms with van der Waals surface area (Å²) in [5.41, 5.74) is 5.77. The highest BCUT2D eigenvalue weighted by Crippen LogP contribution is 2.31. The molecule has 4 aromatic rings. The summed E-state index contributed by atoms with van der Waals surface area (Å²) in [6.45, 7) is 5.55. The number of benzene rings is 2. The summed E-state index contributed by atoms with van der Waals surface area (Å²) >= 11 is 0. The van der Waals surface area contributed by atoms with Gasteiger partial charge in [0.1, 0.15) is 11.3 Å². The fourth-order valence-electron chi connectivity index (χ4n) is 3.55. The first-order valence-corrected chi connectivity index (χ1v) is 9.49. The van der Waals surface area contributed by atoms with Gasteiger partial charge in [-0.25, -0.2) is 9.37 Å². The minimum Gasteiger partial charge on any atom is -0.476 e. The minimum absolute atomic E-state index is 0. The quantitative estimate of drug-likeness (QED) is 0.396. The van der Waals surface area contributed by atoms with Gasteiger partial charge in [-0.3, -0.25) is 0 Å². The highest BCUT2D eigenvalue weighted by Gasteiger charge is 2.16. The van der Waals surface area contributed by atoms with Gasteiger partial charge in [-0.15, -0.1) is 12.4 Å². The average Bonchev–Trinajstić information content (AvgIpc) is 2.96. The molecule has 0 radical (unpaired) electrons. The molecule has 0 spiro atoms. The maximum Gasteiger partial charge on any atom is 0.238 e. The van der Waals surface area contributed by atoms with Crippen molar-refractivity contribution in [3.05, 3.63) is 95.1 Å². The van der Waals surface area contributed by atoms with Gasteiger partial charge in [0.2, 0.25) is 5.88 Å². The number of fused-ring (bicyclic) bond motifs is 1. The Morgan fingerprint density at radius 1 is 0.931 bits per heavy atom. The van der Waals surface area contributed by atoms with Crippen molar-refractivity contribution in [2.45, 2.75) is 26.8 Å². The van der Waals surface area contributed by atoms with Crippen LogP contribution in [-0.2, 0) is 13.0 Å². The van der Waals surface area contributed by atoms with Crippen LogP contribution in [0.4, 0.5) is 4.39 Å². The molecule has 3 nitrogen and oxygen atoms in total. The molecular formula is C24H24ClFN2O. The molecule has 5 heteroatoms. The van der Waals surface area contributed by atoms with Gasteiger partial charge < -0.3 is 9.30 Å². The number of hydrogen-bond donors (Lipinski definition) is 0. The topological polar surface area (TPSA) is 27.1 Å². The number of nitrogens with zero attached hydrogens (tertiary/aromatic N) is 2. The van der Waals surface area contributed by atoms with Gasteiger partial charge in [-0.05, 0) is 48.7 Å². The van der Waals surface area contributed by atoms with E-state index in [9.17, 15) is 4.39 Å². The van der Waals surface area contributed by atoms with Crippen LogP contribution >= 0.6 is 12.4 Å². The Labute approximate surface area is 176 Å². The van der Waals surface area contributed by atoms with Crippen LogP contribution in [0.2, 0.25) is 0 Å². The lowest BCUT2D eigenvalue weighted by molar-refractivity contribution is 0.312. The Morgan fingerprint density at radius 3 is 2.38 bits per heavy atom. The Kier molecular flexibility index (Phi) is 6.55. The molecule has 150 valence electrons. The van der Waals surface area contributed by atoms with E-state index in [1.807, 2.05) is 12.1 Å². The van der Waals surface area contributed by atoms with E-state index in [1.54, 1.807) is 18.3 Å². The molecule has 29 heavy (non-hydrogen) atoms. The smallest absolute Gasteiger partial charge is 0.238 e. The first-order valence-electron chi connectivity index (χ1n) is 9.49. The first-order chi connectivity index (χ1) is 13.6. The highest BCUT2D eigenvalue weighted by atomic mass is 35.5. The number of pyridine rings is 1. The third-order valence-electron chi connectivity index (χ3n) is 5.24. The summed E-state index contributed by atoms with van der Waals surface area (Å²) < 4.78 is 21.4. The molecule has 0 fully saturated rings. The van der Waals surface area contributed by atoms with Crippen molar-refractivity contribution in [2.75, 3.05) is 6.61 Å². The van der Waals surface area contributed by atoms with Crippen LogP contribution in [0.15, 0.2) is 66.9 Å². The zero-order chi connectivity index (χ0) is 19.5. The normalized spacial score (nSPS) is 10.7. The van der Waals surface area contributed by atoms with Crippen LogP contribution in [0.5, 0.6) is 5.88 Å². The van der Waals surface area contributed by atoms with Crippen molar-refractivity contribution in [1.82, 2.24) is 9.55 Å². The van der Waals surface area contributed by atoms with Gasteiger partial charge in [0.05, 0.1) is 6.61 Å². The van der Waals surface area contributed by atoms with Gasteiger partial charge in [0.15, 0.2) is 0 Å². The minimum atomic E-state index is -0.221. The van der Waals surface area contributed by atoms with Crippen molar-refractivity contribution in [1.29, 1.82) is 0 Å². The summed E-state index contributed by atoms with van der Waals surface area (Å²) in [6.07, 6.45) is 2.50. The summed E-state index contributed by atoms with van der Waals surface area (Å²) in [5.74, 6) is 0.424. The lowest BCUT2D eigenvalue weighted by Gasteiger charge is -2.12. The van der Waals surface area contributed by atoms with Crippen molar-refractivity contribution in [3.63, 3.8) is 0 Å². The number of rotatable bonds is 6. The maximum atomic E-state index is 13.1. The van der Waals surface area contributed by atoms with Crippen molar-refractivity contribution < 1.29 is 9.13 Å². The molecule has 0 atom stereocenters. The second kappa shape index (κ2) is 9.10. The number of aryl methyl sites for hydroxylation is 1. The van der Waals surface area contributed by atoms with Crippen LogP contribution in [-0.4, -0.2) is 16.2 Å². The van der Waals surface area contributed by atoms with E-state index in [0.29, 0.717) is 18.9 Å². The van der Waals surface area contributed by atoms with Crippen LogP contribution in [0.3, 0.4) is 0 Å². The summed E-state index contributed by atoms with van der Waals surface area (Å²) in [4.78, 5) is 4.51.